The Kier molecular flexibility index (Phi) is 8.60. The molecule has 0 spiro atoms. The summed E-state index contributed by atoms with van der Waals surface area (Å²) in [4.78, 5) is 0. The van der Waals surface area contributed by atoms with E-state index < -0.39 is 132 Å². The van der Waals surface area contributed by atoms with Crippen LogP contribution >= 0.6 is 0 Å². The molecule has 0 N–H and O–H groups in total. The smallest absolute Gasteiger partial charge is 0.239 e. The van der Waals surface area contributed by atoms with Crippen LogP contribution in [0.4, 0.5) is 74.6 Å². The summed E-state index contributed by atoms with van der Waals surface area (Å²) >= 11 is 0. The number of hydrogen-bond donors (Lipinski definition) is 0. The molecule has 0 aromatic heterocycles. The van der Waals surface area contributed by atoms with Crippen molar-refractivity contribution in [3.8, 4) is 0 Å². The van der Waals surface area contributed by atoms with Crippen LogP contribution in [0.5, 0.6) is 0 Å². The molecule has 0 heterocycles. The van der Waals surface area contributed by atoms with E-state index >= 15 is 8.78 Å². The van der Waals surface area contributed by atoms with E-state index in [9.17, 15) is 65.9 Å². The summed E-state index contributed by atoms with van der Waals surface area (Å²) in [6.07, 6.45) is 0. The van der Waals surface area contributed by atoms with Crippen LogP contribution in [-0.2, 0) is 0 Å². The Balaban J connectivity index is 0.00000462. The van der Waals surface area contributed by atoms with E-state index in [2.05, 4.69) is 0 Å². The monoisotopic (exact) mass is 622 g/mol. The number of hydrogen-bond acceptors (Lipinski definition) is 0. The number of benzene rings is 4. The van der Waals surface area contributed by atoms with Gasteiger partial charge in [-0.2, -0.15) is 0 Å². The van der Waals surface area contributed by atoms with Crippen molar-refractivity contribution < 1.29 is 104 Å². The molecule has 0 aliphatic rings. The van der Waals surface area contributed by atoms with Gasteiger partial charge < -0.3 is 0 Å². The molecule has 0 unspecified atom stereocenters. The number of rotatable bonds is 3. The van der Waals surface area contributed by atoms with Crippen LogP contribution in [0.3, 0.4) is 0 Å². The molecular weight excluding hydrogens is 622 g/mol. The van der Waals surface area contributed by atoms with Crippen molar-refractivity contribution in [2.45, 2.75) is 0 Å². The van der Waals surface area contributed by atoms with E-state index in [1.807, 2.05) is 0 Å². The maximum atomic E-state index is 15.4. The Hall–Kier alpha value is -3.18. The minimum atomic E-state index is -3.17. The fraction of sp³-hybridized carbons (Fsp3) is 0. The van der Waals surface area contributed by atoms with Crippen molar-refractivity contribution in [2.75, 3.05) is 0 Å². The standard InChI is InChI=1S/C23F17.Na/c24-7-2(8(25)9(26)6-5(7)14(31)16(33)17(34)15(6)32)1(3-10(27)18(35)22(39)19(36)11(3)28)4-12(29)20(37)23(40)21(38)13(4)30;/q-1;+1. The largest absolute Gasteiger partial charge is 1.00 e. The van der Waals surface area contributed by atoms with Gasteiger partial charge in [-0.25, -0.2) is 74.6 Å². The summed E-state index contributed by atoms with van der Waals surface area (Å²) in [6, 6.07) is 0. The second-order valence-electron chi connectivity index (χ2n) is 7.59. The second-order valence-corrected chi connectivity index (χ2v) is 7.59. The summed E-state index contributed by atoms with van der Waals surface area (Å²) in [5.74, 6) is -54.9. The number of fused-ring (bicyclic) bond motifs is 1. The molecule has 0 fully saturated rings. The van der Waals surface area contributed by atoms with Gasteiger partial charge in [0.25, 0.3) is 0 Å². The van der Waals surface area contributed by atoms with Crippen molar-refractivity contribution in [2.24, 2.45) is 0 Å². The van der Waals surface area contributed by atoms with Crippen LogP contribution in [0.1, 0.15) is 16.7 Å². The van der Waals surface area contributed by atoms with Crippen molar-refractivity contribution in [3.63, 3.8) is 0 Å². The molecule has 4 aromatic rings. The van der Waals surface area contributed by atoms with Gasteiger partial charge in [-0.3, -0.25) is 0 Å². The first-order chi connectivity index (χ1) is 18.5. The predicted octanol–water partition coefficient (Wildman–Crippen LogP) is 5.23. The third-order valence-corrected chi connectivity index (χ3v) is 5.51. The maximum Gasteiger partial charge on any atom is 1.00 e. The normalized spacial score (nSPS) is 11.3. The summed E-state index contributed by atoms with van der Waals surface area (Å²) in [5, 5.41) is -4.92. The van der Waals surface area contributed by atoms with E-state index in [0.29, 0.717) is 0 Å². The molecule has 0 saturated carbocycles. The summed E-state index contributed by atoms with van der Waals surface area (Å²) in [7, 11) is 0. The molecule has 41 heavy (non-hydrogen) atoms. The molecule has 0 aliphatic heterocycles. The van der Waals surface area contributed by atoms with E-state index in [1.54, 1.807) is 0 Å². The Labute approximate surface area is 236 Å². The molecule has 212 valence electrons. The zero-order valence-corrected chi connectivity index (χ0v) is 20.9. The predicted molar refractivity (Wildman–Crippen MR) is 96.7 cm³/mol. The van der Waals surface area contributed by atoms with Gasteiger partial charge in [-0.1, -0.05) is 5.92 Å². The molecule has 0 nitrogen and oxygen atoms in total. The SMILES string of the molecule is Fc1c(F)c(F)c([C-](c2c(F)c(F)c(F)c(F)c2F)c2c(F)c(F)c3c(F)c(F)c(F)c(F)c3c2F)c(F)c1F.[Na+]. The molecular formula is C23F17Na. The molecule has 4 aromatic carbocycles. The molecule has 0 amide bonds. The quantitative estimate of drug-likeness (QED) is 0.0735. The van der Waals surface area contributed by atoms with Crippen LogP contribution in [-0.4, -0.2) is 0 Å². The van der Waals surface area contributed by atoms with Crippen LogP contribution in [0.25, 0.3) is 10.8 Å². The van der Waals surface area contributed by atoms with Crippen molar-refractivity contribution >= 4 is 10.8 Å². The zero-order chi connectivity index (χ0) is 30.3. The number of halogens is 17. The van der Waals surface area contributed by atoms with Crippen molar-refractivity contribution in [1.82, 2.24) is 0 Å². The maximum absolute atomic E-state index is 15.4. The van der Waals surface area contributed by atoms with E-state index in [1.165, 1.54) is 0 Å². The molecule has 4 rings (SSSR count). The van der Waals surface area contributed by atoms with Gasteiger partial charge in [0.2, 0.25) is 0 Å². The molecule has 0 atom stereocenters. The summed E-state index contributed by atoms with van der Waals surface area (Å²) < 4.78 is 243. The van der Waals surface area contributed by atoms with E-state index in [-0.39, 0.29) is 29.6 Å². The molecule has 0 radical (unpaired) electrons. The zero-order valence-electron chi connectivity index (χ0n) is 18.9. The Morgan fingerprint density at radius 2 is 0.390 bits per heavy atom. The Morgan fingerprint density at radius 3 is 0.707 bits per heavy atom. The Morgan fingerprint density at radius 1 is 0.220 bits per heavy atom. The van der Waals surface area contributed by atoms with Crippen molar-refractivity contribution in [1.29, 1.82) is 0 Å². The van der Waals surface area contributed by atoms with Gasteiger partial charge in [0.15, 0.2) is 58.2 Å². The first-order valence-electron chi connectivity index (χ1n) is 9.71. The van der Waals surface area contributed by atoms with Crippen LogP contribution < -0.4 is 29.6 Å². The molecule has 0 saturated heterocycles. The second kappa shape index (κ2) is 10.9. The fourth-order valence-corrected chi connectivity index (χ4v) is 3.73. The van der Waals surface area contributed by atoms with Gasteiger partial charge in [-0.15, -0.1) is 0 Å². The van der Waals surface area contributed by atoms with Gasteiger partial charge in [0.1, 0.15) is 34.9 Å². The van der Waals surface area contributed by atoms with E-state index in [4.69, 9.17) is 0 Å². The average Bonchev–Trinajstić information content (AvgIpc) is 2.92. The first kappa shape index (κ1) is 32.3. The van der Waals surface area contributed by atoms with Gasteiger partial charge in [-0.05, 0) is 16.7 Å². The van der Waals surface area contributed by atoms with E-state index in [0.717, 1.165) is 0 Å². The average molecular weight is 622 g/mol. The first-order valence-corrected chi connectivity index (χ1v) is 9.71. The third kappa shape index (κ3) is 4.39. The van der Waals surface area contributed by atoms with Gasteiger partial charge in [0, 0.05) is 5.39 Å². The van der Waals surface area contributed by atoms with Gasteiger partial charge in [0.05, 0.1) is 11.2 Å². The van der Waals surface area contributed by atoms with Crippen LogP contribution in [0, 0.1) is 105 Å². The Bertz CT molecular complexity index is 1650. The van der Waals surface area contributed by atoms with Crippen molar-refractivity contribution in [3.05, 3.63) is 122 Å². The van der Waals surface area contributed by atoms with Gasteiger partial charge >= 0.3 is 29.6 Å². The van der Waals surface area contributed by atoms with Crippen LogP contribution in [0.15, 0.2) is 0 Å². The minimum Gasteiger partial charge on any atom is -0.239 e. The van der Waals surface area contributed by atoms with Crippen LogP contribution in [0.2, 0.25) is 0 Å². The summed E-state index contributed by atoms with van der Waals surface area (Å²) in [5.41, 5.74) is -8.57. The fourth-order valence-electron chi connectivity index (χ4n) is 3.73. The topological polar surface area (TPSA) is 0 Å². The summed E-state index contributed by atoms with van der Waals surface area (Å²) in [6.45, 7) is 0. The molecule has 0 aliphatic carbocycles. The minimum absolute atomic E-state index is 0. The third-order valence-electron chi connectivity index (χ3n) is 5.51. The molecule has 18 heteroatoms. The molecule has 0 bridgehead atoms.